The van der Waals surface area contributed by atoms with Gasteiger partial charge in [-0.25, -0.2) is 0 Å². The largest absolute Gasteiger partial charge is 0.312 e. The number of hydrogen-bond acceptors (Lipinski definition) is 2. The molecule has 1 aromatic carbocycles. The molecule has 90 valence electrons. The van der Waals surface area contributed by atoms with Crippen molar-refractivity contribution in [1.82, 2.24) is 5.32 Å². The van der Waals surface area contributed by atoms with Crippen molar-refractivity contribution >= 4 is 11.3 Å². The molecule has 0 spiro atoms. The summed E-state index contributed by atoms with van der Waals surface area (Å²) in [5.41, 5.74) is 2.84. The van der Waals surface area contributed by atoms with E-state index in [9.17, 15) is 0 Å². The van der Waals surface area contributed by atoms with Crippen molar-refractivity contribution in [2.24, 2.45) is 0 Å². The molecule has 1 N–H and O–H groups in total. The highest BCUT2D eigenvalue weighted by Crippen LogP contribution is 2.14. The Morgan fingerprint density at radius 2 is 1.88 bits per heavy atom. The van der Waals surface area contributed by atoms with E-state index in [0.29, 0.717) is 0 Å². The van der Waals surface area contributed by atoms with E-state index in [1.54, 1.807) is 0 Å². The van der Waals surface area contributed by atoms with Crippen LogP contribution in [0.5, 0.6) is 0 Å². The molecule has 0 fully saturated rings. The topological polar surface area (TPSA) is 12.0 Å². The van der Waals surface area contributed by atoms with Crippen LogP contribution in [0.25, 0.3) is 0 Å². The minimum atomic E-state index is 0.990. The van der Waals surface area contributed by atoms with Crippen LogP contribution in [0.4, 0.5) is 0 Å². The molecule has 2 heteroatoms. The Bertz CT molecular complexity index is 473. The van der Waals surface area contributed by atoms with Crippen molar-refractivity contribution < 1.29 is 0 Å². The van der Waals surface area contributed by atoms with Gasteiger partial charge in [-0.3, -0.25) is 0 Å². The SMILES string of the molecule is Cc1ccc(CNCCc2ccccc2C)s1. The van der Waals surface area contributed by atoms with Crippen LogP contribution >= 0.6 is 11.3 Å². The number of nitrogens with one attached hydrogen (secondary N) is 1. The predicted octanol–water partition coefficient (Wildman–Crippen LogP) is 3.70. The number of benzene rings is 1. The summed E-state index contributed by atoms with van der Waals surface area (Å²) >= 11 is 1.87. The standard InChI is InChI=1S/C15H19NS/c1-12-5-3-4-6-14(12)9-10-16-11-15-8-7-13(2)17-15/h3-8,16H,9-11H2,1-2H3. The first-order valence-corrected chi connectivity index (χ1v) is 6.88. The van der Waals surface area contributed by atoms with Gasteiger partial charge in [-0.1, -0.05) is 24.3 Å². The van der Waals surface area contributed by atoms with Crippen LogP contribution < -0.4 is 5.32 Å². The predicted molar refractivity (Wildman–Crippen MR) is 75.6 cm³/mol. The molecule has 2 rings (SSSR count). The molecule has 1 aromatic heterocycles. The minimum Gasteiger partial charge on any atom is -0.312 e. The first-order chi connectivity index (χ1) is 8.25. The quantitative estimate of drug-likeness (QED) is 0.792. The van der Waals surface area contributed by atoms with E-state index in [0.717, 1.165) is 19.5 Å². The Balaban J connectivity index is 1.75. The lowest BCUT2D eigenvalue weighted by molar-refractivity contribution is 0.692. The van der Waals surface area contributed by atoms with Crippen LogP contribution in [-0.2, 0) is 13.0 Å². The maximum Gasteiger partial charge on any atom is 0.0299 e. The van der Waals surface area contributed by atoms with Crippen molar-refractivity contribution in [3.63, 3.8) is 0 Å². The maximum atomic E-state index is 3.50. The number of thiophene rings is 1. The average molecular weight is 245 g/mol. The van der Waals surface area contributed by atoms with Crippen molar-refractivity contribution in [2.45, 2.75) is 26.8 Å². The molecule has 0 unspecified atom stereocenters. The summed E-state index contributed by atoms with van der Waals surface area (Å²) in [7, 11) is 0. The van der Waals surface area contributed by atoms with E-state index in [1.165, 1.54) is 20.9 Å². The van der Waals surface area contributed by atoms with Gasteiger partial charge in [-0.15, -0.1) is 11.3 Å². The van der Waals surface area contributed by atoms with Gasteiger partial charge in [0.25, 0.3) is 0 Å². The van der Waals surface area contributed by atoms with Crippen molar-refractivity contribution in [1.29, 1.82) is 0 Å². The fourth-order valence-corrected chi connectivity index (χ4v) is 2.77. The third kappa shape index (κ3) is 3.69. The van der Waals surface area contributed by atoms with E-state index in [-0.39, 0.29) is 0 Å². The smallest absolute Gasteiger partial charge is 0.0299 e. The molecule has 0 bridgehead atoms. The lowest BCUT2D eigenvalue weighted by Crippen LogP contribution is -2.16. The molecule has 1 nitrogen and oxygen atoms in total. The van der Waals surface area contributed by atoms with Crippen LogP contribution in [0.15, 0.2) is 36.4 Å². The third-order valence-corrected chi connectivity index (χ3v) is 3.93. The van der Waals surface area contributed by atoms with E-state index in [2.05, 4.69) is 55.6 Å². The highest BCUT2D eigenvalue weighted by Gasteiger charge is 1.98. The molecule has 0 aliphatic rings. The highest BCUT2D eigenvalue weighted by molar-refractivity contribution is 7.11. The Labute approximate surface area is 108 Å². The summed E-state index contributed by atoms with van der Waals surface area (Å²) in [4.78, 5) is 2.81. The monoisotopic (exact) mass is 245 g/mol. The van der Waals surface area contributed by atoms with Crippen LogP contribution in [0.2, 0.25) is 0 Å². The number of aryl methyl sites for hydroxylation is 2. The van der Waals surface area contributed by atoms with Crippen molar-refractivity contribution in [3.05, 3.63) is 57.3 Å². The van der Waals surface area contributed by atoms with Gasteiger partial charge in [0.2, 0.25) is 0 Å². The molecule has 17 heavy (non-hydrogen) atoms. The molecule has 0 saturated carbocycles. The summed E-state index contributed by atoms with van der Waals surface area (Å²) in [6.45, 7) is 6.37. The zero-order valence-electron chi connectivity index (χ0n) is 10.5. The molecule has 0 radical (unpaired) electrons. The van der Waals surface area contributed by atoms with Gasteiger partial charge in [-0.2, -0.15) is 0 Å². The molecule has 2 aromatic rings. The van der Waals surface area contributed by atoms with E-state index in [4.69, 9.17) is 0 Å². The van der Waals surface area contributed by atoms with Gasteiger partial charge < -0.3 is 5.32 Å². The average Bonchev–Trinajstić information content (AvgIpc) is 2.73. The molecular formula is C15H19NS. The second kappa shape index (κ2) is 5.99. The lowest BCUT2D eigenvalue weighted by Gasteiger charge is -2.06. The van der Waals surface area contributed by atoms with Gasteiger partial charge in [0, 0.05) is 16.3 Å². The van der Waals surface area contributed by atoms with Gasteiger partial charge in [-0.05, 0) is 50.1 Å². The van der Waals surface area contributed by atoms with Crippen LogP contribution in [0.3, 0.4) is 0 Å². The molecule has 1 heterocycles. The summed E-state index contributed by atoms with van der Waals surface area (Å²) < 4.78 is 0. The van der Waals surface area contributed by atoms with E-state index >= 15 is 0 Å². The summed E-state index contributed by atoms with van der Waals surface area (Å²) in [5, 5.41) is 3.50. The second-order valence-electron chi connectivity index (χ2n) is 4.37. The second-order valence-corrected chi connectivity index (χ2v) is 5.74. The molecule has 0 aliphatic carbocycles. The van der Waals surface area contributed by atoms with Crippen molar-refractivity contribution in [2.75, 3.05) is 6.54 Å². The first kappa shape index (κ1) is 12.3. The highest BCUT2D eigenvalue weighted by atomic mass is 32.1. The summed E-state index contributed by atoms with van der Waals surface area (Å²) in [5.74, 6) is 0. The normalized spacial score (nSPS) is 10.7. The van der Waals surface area contributed by atoms with Gasteiger partial charge in [0.05, 0.1) is 0 Å². The molecule has 0 saturated heterocycles. The van der Waals surface area contributed by atoms with Crippen LogP contribution in [0, 0.1) is 13.8 Å². The third-order valence-electron chi connectivity index (χ3n) is 2.93. The molecule has 0 aliphatic heterocycles. The van der Waals surface area contributed by atoms with Gasteiger partial charge in [0.1, 0.15) is 0 Å². The zero-order chi connectivity index (χ0) is 12.1. The van der Waals surface area contributed by atoms with Gasteiger partial charge >= 0.3 is 0 Å². The Kier molecular flexibility index (Phi) is 4.35. The summed E-state index contributed by atoms with van der Waals surface area (Å²) in [6, 6.07) is 13.0. The molecule has 0 amide bonds. The van der Waals surface area contributed by atoms with Gasteiger partial charge in [0.15, 0.2) is 0 Å². The molecule has 0 atom stereocenters. The minimum absolute atomic E-state index is 0.990. The number of rotatable bonds is 5. The Hall–Kier alpha value is -1.12. The first-order valence-electron chi connectivity index (χ1n) is 6.06. The molecular weight excluding hydrogens is 226 g/mol. The van der Waals surface area contributed by atoms with Crippen molar-refractivity contribution in [3.8, 4) is 0 Å². The fourth-order valence-electron chi connectivity index (χ4n) is 1.91. The maximum absolute atomic E-state index is 3.50. The van der Waals surface area contributed by atoms with Crippen LogP contribution in [0.1, 0.15) is 20.9 Å². The Morgan fingerprint density at radius 1 is 1.06 bits per heavy atom. The fraction of sp³-hybridized carbons (Fsp3) is 0.333. The van der Waals surface area contributed by atoms with Crippen LogP contribution in [-0.4, -0.2) is 6.54 Å². The van der Waals surface area contributed by atoms with E-state index in [1.807, 2.05) is 11.3 Å². The summed E-state index contributed by atoms with van der Waals surface area (Å²) in [6.07, 6.45) is 1.11. The zero-order valence-corrected chi connectivity index (χ0v) is 11.3. The van der Waals surface area contributed by atoms with E-state index < -0.39 is 0 Å². The Morgan fingerprint density at radius 3 is 2.59 bits per heavy atom. The lowest BCUT2D eigenvalue weighted by atomic mass is 10.1. The number of hydrogen-bond donors (Lipinski definition) is 1.